The second-order valence-electron chi connectivity index (χ2n) is 17.6. The number of fused-ring (bicyclic) bond motifs is 6. The van der Waals surface area contributed by atoms with E-state index in [9.17, 15) is 9.90 Å². The molecule has 2 unspecified atom stereocenters. The van der Waals surface area contributed by atoms with Crippen molar-refractivity contribution < 1.29 is 47.8 Å². The van der Waals surface area contributed by atoms with E-state index in [0.29, 0.717) is 44.4 Å². The third-order valence-corrected chi connectivity index (χ3v) is 14.2. The fourth-order valence-corrected chi connectivity index (χ4v) is 11.3. The van der Waals surface area contributed by atoms with Gasteiger partial charge in [-0.25, -0.2) is 0 Å². The Bertz CT molecular complexity index is 1360. The number of Topliss-reactive ketones (excluding diaryl/α,β-unsaturated/α-hetero) is 1. The topological polar surface area (TPSA) is 137 Å². The SMILES string of the molecule is C=C1C[C@@H]2CC[C@@]34C[C@H]5O[C@H]6[C@@H](O3)[C@H]3O[C@H](CC[C@@H]3O[C@H]6[C@H]5O4)CC(=O)C[C@H]3C(C[C@H]4OC(CC[C@@H]1O2)C[C@@H](C)C4=C)O[C@H](C[C@H](O)CN)[C@@H]3C. The average Bonchev–Trinajstić information content (AvgIpc) is 3.77. The van der Waals surface area contributed by atoms with Crippen LogP contribution in [0.4, 0.5) is 0 Å². The molecule has 284 valence electrons. The van der Waals surface area contributed by atoms with Gasteiger partial charge < -0.3 is 48.7 Å². The van der Waals surface area contributed by atoms with Crippen LogP contribution < -0.4 is 5.73 Å². The van der Waals surface area contributed by atoms with Crippen LogP contribution in [0.25, 0.3) is 0 Å². The second-order valence-corrected chi connectivity index (χ2v) is 17.6. The van der Waals surface area contributed by atoms with Crippen molar-refractivity contribution >= 4 is 5.78 Å². The van der Waals surface area contributed by atoms with Gasteiger partial charge in [0.05, 0.1) is 61.0 Å². The minimum absolute atomic E-state index is 0.00127. The van der Waals surface area contributed by atoms with Crippen LogP contribution in [-0.2, 0) is 42.7 Å². The Hall–Kier alpha value is -1.25. The Balaban J connectivity index is 0.986. The predicted molar refractivity (Wildman–Crippen MR) is 185 cm³/mol. The standard InChI is InChI=1S/C40H59NO10/c1-19-11-25-5-7-29-20(2)12-27(44-29)9-10-40-17-34-36(50-40)37-38(49-34)39(51-40)35-30(48-37)8-6-26(46-35)13-23(42)14-28-22(4)31(15-24(43)18-41)47-33(28)16-32(45-25)21(19)3/h19,22,24-39,43H,2-3,5-18,41H2,1,4H3/t19-,22-,24+,25?,26-,27+,28-,29+,30+,31-,32-,33?,34-,35+,36+,37+,38-,39+,40+/m1/s1. The highest BCUT2D eigenvalue weighted by Gasteiger charge is 2.68. The molecule has 19 atom stereocenters. The van der Waals surface area contributed by atoms with Gasteiger partial charge in [0.15, 0.2) is 5.79 Å². The van der Waals surface area contributed by atoms with Gasteiger partial charge in [-0.05, 0) is 73.8 Å². The highest BCUT2D eigenvalue weighted by molar-refractivity contribution is 5.79. The summed E-state index contributed by atoms with van der Waals surface area (Å²) in [6, 6.07) is 0. The first-order chi connectivity index (χ1) is 24.6. The molecule has 3 N–H and O–H groups in total. The Kier molecular flexibility index (Phi) is 9.59. The van der Waals surface area contributed by atoms with Gasteiger partial charge in [0.25, 0.3) is 0 Å². The van der Waals surface area contributed by atoms with Crippen molar-refractivity contribution in [2.45, 2.75) is 195 Å². The van der Waals surface area contributed by atoms with Crippen LogP contribution in [0, 0.1) is 17.8 Å². The van der Waals surface area contributed by atoms with Gasteiger partial charge in [0, 0.05) is 45.1 Å². The molecule has 0 amide bonds. The Morgan fingerprint density at radius 3 is 2.35 bits per heavy atom. The molecule has 10 aliphatic heterocycles. The summed E-state index contributed by atoms with van der Waals surface area (Å²) < 4.78 is 54.0. The van der Waals surface area contributed by atoms with E-state index < -0.39 is 11.9 Å². The van der Waals surface area contributed by atoms with Gasteiger partial charge in [-0.3, -0.25) is 4.79 Å². The first kappa shape index (κ1) is 35.5. The van der Waals surface area contributed by atoms with Crippen molar-refractivity contribution in [1.82, 2.24) is 0 Å². The van der Waals surface area contributed by atoms with Crippen molar-refractivity contribution in [3.05, 3.63) is 24.3 Å². The molecule has 12 bridgehead atoms. The monoisotopic (exact) mass is 713 g/mol. The molecule has 11 nitrogen and oxygen atoms in total. The van der Waals surface area contributed by atoms with E-state index >= 15 is 0 Å². The molecule has 10 saturated heterocycles. The first-order valence-corrected chi connectivity index (χ1v) is 20.1. The molecule has 11 heteroatoms. The summed E-state index contributed by atoms with van der Waals surface area (Å²) in [7, 11) is 0. The van der Waals surface area contributed by atoms with Gasteiger partial charge in [0.1, 0.15) is 36.3 Å². The molecule has 0 aromatic carbocycles. The predicted octanol–water partition coefficient (Wildman–Crippen LogP) is 4.06. The number of ketones is 1. The number of carbonyl (C=O) groups excluding carboxylic acids is 1. The lowest BCUT2D eigenvalue weighted by Gasteiger charge is -2.47. The van der Waals surface area contributed by atoms with Crippen molar-refractivity contribution in [2.24, 2.45) is 23.5 Å². The van der Waals surface area contributed by atoms with Crippen LogP contribution in [-0.4, -0.2) is 115 Å². The van der Waals surface area contributed by atoms with Gasteiger partial charge in [0.2, 0.25) is 0 Å². The zero-order valence-corrected chi connectivity index (χ0v) is 30.4. The van der Waals surface area contributed by atoms with Crippen LogP contribution in [0.2, 0.25) is 0 Å². The van der Waals surface area contributed by atoms with E-state index in [1.165, 1.54) is 0 Å². The molecule has 10 fully saturated rings. The third kappa shape index (κ3) is 6.53. The molecule has 0 aromatic rings. The average molecular weight is 714 g/mol. The number of carbonyl (C=O) groups is 1. The zero-order valence-electron chi connectivity index (χ0n) is 30.4. The van der Waals surface area contributed by atoms with Crippen LogP contribution in [0.15, 0.2) is 24.3 Å². The molecule has 0 aliphatic carbocycles. The van der Waals surface area contributed by atoms with Crippen molar-refractivity contribution in [3.63, 3.8) is 0 Å². The number of aliphatic hydroxyl groups is 1. The highest BCUT2D eigenvalue weighted by atomic mass is 16.8. The highest BCUT2D eigenvalue weighted by Crippen LogP contribution is 2.54. The normalized spacial score (nSPS) is 53.2. The van der Waals surface area contributed by atoms with Crippen molar-refractivity contribution in [3.8, 4) is 0 Å². The Morgan fingerprint density at radius 2 is 1.51 bits per heavy atom. The maximum absolute atomic E-state index is 14.0. The van der Waals surface area contributed by atoms with Crippen LogP contribution >= 0.6 is 0 Å². The quantitative estimate of drug-likeness (QED) is 0.410. The number of nitrogens with two attached hydrogens (primary N) is 1. The minimum Gasteiger partial charge on any atom is -0.392 e. The van der Waals surface area contributed by atoms with E-state index in [2.05, 4.69) is 27.0 Å². The van der Waals surface area contributed by atoms with Crippen LogP contribution in [0.1, 0.15) is 97.3 Å². The summed E-state index contributed by atoms with van der Waals surface area (Å²) >= 11 is 0. The summed E-state index contributed by atoms with van der Waals surface area (Å²) in [5.74, 6) is -0.222. The maximum atomic E-state index is 14.0. The molecule has 0 saturated carbocycles. The van der Waals surface area contributed by atoms with Gasteiger partial charge in [-0.15, -0.1) is 0 Å². The molecule has 0 aromatic heterocycles. The van der Waals surface area contributed by atoms with E-state index in [1.807, 2.05) is 0 Å². The molecule has 51 heavy (non-hydrogen) atoms. The lowest BCUT2D eigenvalue weighted by Crippen LogP contribution is -2.61. The molecule has 0 radical (unpaired) electrons. The summed E-state index contributed by atoms with van der Waals surface area (Å²) in [4.78, 5) is 14.0. The number of hydrogen-bond donors (Lipinski definition) is 2. The Labute approximate surface area is 302 Å². The minimum atomic E-state index is -0.765. The third-order valence-electron chi connectivity index (χ3n) is 14.2. The summed E-state index contributed by atoms with van der Waals surface area (Å²) in [5.41, 5.74) is 8.06. The maximum Gasteiger partial charge on any atom is 0.172 e. The van der Waals surface area contributed by atoms with E-state index in [0.717, 1.165) is 56.1 Å². The van der Waals surface area contributed by atoms with Gasteiger partial charge in [-0.2, -0.15) is 0 Å². The van der Waals surface area contributed by atoms with Crippen molar-refractivity contribution in [1.29, 1.82) is 0 Å². The Morgan fingerprint density at radius 1 is 0.765 bits per heavy atom. The van der Waals surface area contributed by atoms with Crippen molar-refractivity contribution in [2.75, 3.05) is 6.54 Å². The van der Waals surface area contributed by atoms with E-state index in [-0.39, 0.29) is 110 Å². The summed E-state index contributed by atoms with van der Waals surface area (Å²) in [5, 5.41) is 10.5. The van der Waals surface area contributed by atoms with Gasteiger partial charge in [-0.1, -0.05) is 27.0 Å². The van der Waals surface area contributed by atoms with E-state index in [4.69, 9.17) is 43.6 Å². The molecular weight excluding hydrogens is 654 g/mol. The number of aliphatic hydroxyl groups excluding tert-OH is 1. The largest absolute Gasteiger partial charge is 0.392 e. The van der Waals surface area contributed by atoms with E-state index in [1.54, 1.807) is 0 Å². The first-order valence-electron chi connectivity index (χ1n) is 20.1. The van der Waals surface area contributed by atoms with Crippen LogP contribution in [0.3, 0.4) is 0 Å². The molecule has 10 heterocycles. The summed E-state index contributed by atoms with van der Waals surface area (Å²) in [6.45, 7) is 13.5. The lowest BCUT2D eigenvalue weighted by molar-refractivity contribution is -0.292. The number of hydrogen-bond acceptors (Lipinski definition) is 11. The zero-order chi connectivity index (χ0) is 35.2. The summed E-state index contributed by atoms with van der Waals surface area (Å²) in [6.07, 6.45) is 6.43. The van der Waals surface area contributed by atoms with Gasteiger partial charge >= 0.3 is 0 Å². The number of ether oxygens (including phenoxy) is 8. The second kappa shape index (κ2) is 13.8. The molecule has 10 aliphatic rings. The fourth-order valence-electron chi connectivity index (χ4n) is 11.3. The van der Waals surface area contributed by atoms with Crippen LogP contribution in [0.5, 0.6) is 0 Å². The molecule has 10 rings (SSSR count). The lowest BCUT2D eigenvalue weighted by atomic mass is 9.78. The fraction of sp³-hybridized carbons (Fsp3) is 0.875. The smallest absolute Gasteiger partial charge is 0.172 e. The number of rotatable bonds is 3. The molecule has 1 spiro atoms. The molecular formula is C40H59NO10.